The van der Waals surface area contributed by atoms with E-state index in [9.17, 15) is 9.59 Å². The monoisotopic (exact) mass is 579 g/mol. The smallest absolute Gasteiger partial charge is 0.264 e. The van der Waals surface area contributed by atoms with Crippen LogP contribution in [0.4, 0.5) is 5.82 Å². The van der Waals surface area contributed by atoms with Crippen LogP contribution >= 0.6 is 34.5 Å². The second kappa shape index (κ2) is 12.2. The summed E-state index contributed by atoms with van der Waals surface area (Å²) in [6, 6.07) is 22.3. The molecular weight excluding hydrogens is 553 g/mol. The quantitative estimate of drug-likeness (QED) is 0.266. The lowest BCUT2D eigenvalue weighted by Gasteiger charge is -2.37. The molecule has 0 unspecified atom stereocenters. The maximum atomic E-state index is 13.4. The molecule has 2 aromatic carbocycles. The molecule has 1 fully saturated rings. The van der Waals surface area contributed by atoms with Crippen molar-refractivity contribution in [3.05, 3.63) is 98.7 Å². The van der Waals surface area contributed by atoms with Crippen LogP contribution in [0, 0.1) is 0 Å². The highest BCUT2D eigenvalue weighted by Crippen LogP contribution is 2.29. The van der Waals surface area contributed by atoms with Gasteiger partial charge in [-0.05, 0) is 54.3 Å². The van der Waals surface area contributed by atoms with Gasteiger partial charge in [0.1, 0.15) is 6.54 Å². The van der Waals surface area contributed by atoms with Crippen molar-refractivity contribution in [2.24, 2.45) is 0 Å². The second-order valence-electron chi connectivity index (χ2n) is 9.27. The average molecular weight is 581 g/mol. The first kappa shape index (κ1) is 27.1. The Labute approximate surface area is 241 Å². The fourth-order valence-corrected chi connectivity index (χ4v) is 5.79. The van der Waals surface area contributed by atoms with Crippen LogP contribution in [0.15, 0.2) is 78.2 Å². The summed E-state index contributed by atoms with van der Waals surface area (Å²) in [5, 5.41) is 11.7. The molecule has 1 saturated heterocycles. The molecular formula is C29H27Cl2N5O2S. The van der Waals surface area contributed by atoms with Crippen molar-refractivity contribution in [1.82, 2.24) is 20.0 Å². The summed E-state index contributed by atoms with van der Waals surface area (Å²) >= 11 is 13.7. The average Bonchev–Trinajstić information content (AvgIpc) is 3.51. The molecule has 7 nitrogen and oxygen atoms in total. The van der Waals surface area contributed by atoms with Crippen molar-refractivity contribution in [3.8, 4) is 11.3 Å². The van der Waals surface area contributed by atoms with E-state index in [2.05, 4.69) is 15.1 Å². The topological polar surface area (TPSA) is 69.6 Å². The minimum absolute atomic E-state index is 0.0170. The number of benzene rings is 2. The molecule has 0 spiro atoms. The van der Waals surface area contributed by atoms with Crippen LogP contribution < -0.4 is 4.90 Å². The van der Waals surface area contributed by atoms with Gasteiger partial charge in [-0.15, -0.1) is 21.5 Å². The molecule has 0 N–H and O–H groups in total. The highest BCUT2D eigenvalue weighted by atomic mass is 35.5. The number of nitrogens with zero attached hydrogens (tertiary/aromatic N) is 5. The van der Waals surface area contributed by atoms with E-state index in [4.69, 9.17) is 23.2 Å². The molecule has 39 heavy (non-hydrogen) atoms. The van der Waals surface area contributed by atoms with E-state index in [0.717, 1.165) is 16.9 Å². The summed E-state index contributed by atoms with van der Waals surface area (Å²) in [7, 11) is 0. The third-order valence-electron chi connectivity index (χ3n) is 6.86. The van der Waals surface area contributed by atoms with Crippen LogP contribution in [-0.2, 0) is 4.79 Å². The van der Waals surface area contributed by atoms with Gasteiger partial charge in [0, 0.05) is 36.8 Å². The number of carbonyl (C=O) groups is 2. The molecule has 200 valence electrons. The second-order valence-corrected chi connectivity index (χ2v) is 11.1. The predicted molar refractivity (Wildman–Crippen MR) is 156 cm³/mol. The Morgan fingerprint density at radius 2 is 1.72 bits per heavy atom. The molecule has 0 radical (unpaired) electrons. The minimum Gasteiger partial charge on any atom is -0.352 e. The number of hydrogen-bond acceptors (Lipinski definition) is 6. The number of piperazine rings is 1. The maximum Gasteiger partial charge on any atom is 0.264 e. The Morgan fingerprint density at radius 1 is 0.949 bits per heavy atom. The van der Waals surface area contributed by atoms with E-state index in [1.807, 2.05) is 71.8 Å². The summed E-state index contributed by atoms with van der Waals surface area (Å²) in [4.78, 5) is 33.0. The molecule has 4 aromatic rings. The number of aromatic nitrogens is 2. The summed E-state index contributed by atoms with van der Waals surface area (Å²) in [5.74, 6) is 0.536. The molecule has 3 heterocycles. The van der Waals surface area contributed by atoms with Gasteiger partial charge in [-0.2, -0.15) is 0 Å². The van der Waals surface area contributed by atoms with Gasteiger partial charge in [0.25, 0.3) is 5.91 Å². The van der Waals surface area contributed by atoms with Gasteiger partial charge < -0.3 is 14.7 Å². The van der Waals surface area contributed by atoms with E-state index >= 15 is 0 Å². The maximum absolute atomic E-state index is 13.4. The van der Waals surface area contributed by atoms with Gasteiger partial charge in [-0.1, -0.05) is 59.6 Å². The van der Waals surface area contributed by atoms with Crippen molar-refractivity contribution < 1.29 is 9.59 Å². The van der Waals surface area contributed by atoms with Crippen molar-refractivity contribution in [2.45, 2.75) is 13.0 Å². The molecule has 1 aliphatic rings. The Balaban J connectivity index is 1.23. The van der Waals surface area contributed by atoms with E-state index in [-0.39, 0.29) is 24.4 Å². The van der Waals surface area contributed by atoms with E-state index < -0.39 is 0 Å². The molecule has 1 aliphatic heterocycles. The largest absolute Gasteiger partial charge is 0.352 e. The van der Waals surface area contributed by atoms with Gasteiger partial charge >= 0.3 is 0 Å². The van der Waals surface area contributed by atoms with Gasteiger partial charge in [-0.25, -0.2) is 0 Å². The van der Waals surface area contributed by atoms with Crippen LogP contribution in [0.3, 0.4) is 0 Å². The van der Waals surface area contributed by atoms with Gasteiger partial charge in [-0.3, -0.25) is 9.59 Å². The van der Waals surface area contributed by atoms with Crippen LogP contribution in [-0.4, -0.2) is 64.5 Å². The van der Waals surface area contributed by atoms with Gasteiger partial charge in [0.2, 0.25) is 5.91 Å². The van der Waals surface area contributed by atoms with Crippen LogP contribution in [0.1, 0.15) is 28.2 Å². The zero-order chi connectivity index (χ0) is 27.4. The summed E-state index contributed by atoms with van der Waals surface area (Å²) in [5.41, 5.74) is 2.42. The van der Waals surface area contributed by atoms with E-state index in [0.29, 0.717) is 46.8 Å². The van der Waals surface area contributed by atoms with Crippen molar-refractivity contribution in [3.63, 3.8) is 0 Å². The molecule has 1 atom stereocenters. The van der Waals surface area contributed by atoms with Gasteiger partial charge in [0.05, 0.1) is 21.6 Å². The Hall–Kier alpha value is -3.46. The molecule has 0 aliphatic carbocycles. The highest BCUT2D eigenvalue weighted by molar-refractivity contribution is 7.12. The summed E-state index contributed by atoms with van der Waals surface area (Å²) < 4.78 is 0. The molecule has 2 aromatic heterocycles. The molecule has 10 heteroatoms. The van der Waals surface area contributed by atoms with Crippen molar-refractivity contribution in [2.75, 3.05) is 37.6 Å². The number of amides is 2. The highest BCUT2D eigenvalue weighted by Gasteiger charge is 2.29. The molecule has 2 amide bonds. The first-order valence-corrected chi connectivity index (χ1v) is 14.3. The first-order chi connectivity index (χ1) is 18.9. The van der Waals surface area contributed by atoms with Crippen LogP contribution in [0.5, 0.6) is 0 Å². The third-order valence-corrected chi connectivity index (χ3v) is 8.27. The van der Waals surface area contributed by atoms with Crippen LogP contribution in [0.2, 0.25) is 10.0 Å². The van der Waals surface area contributed by atoms with Crippen molar-refractivity contribution >= 4 is 52.2 Å². The fourth-order valence-electron chi connectivity index (χ4n) is 4.60. The number of anilines is 1. The lowest BCUT2D eigenvalue weighted by atomic mass is 10.1. The zero-order valence-electron chi connectivity index (χ0n) is 21.3. The first-order valence-electron chi connectivity index (χ1n) is 12.6. The van der Waals surface area contributed by atoms with Crippen molar-refractivity contribution in [1.29, 1.82) is 0 Å². The Bertz CT molecular complexity index is 1430. The van der Waals surface area contributed by atoms with Gasteiger partial charge in [0.15, 0.2) is 5.82 Å². The standard InChI is InChI=1S/C29H27Cl2N5O2S/c1-20(21-6-3-2-4-7-21)36(29(38)26-8-5-17-39-26)19-28(37)35-15-13-34(14-16-35)27-12-11-25(32-33-27)23-10-9-22(30)18-24(23)31/h2-12,17-18,20H,13-16,19H2,1H3/t20-/m0/s1. The number of carbonyl (C=O) groups excluding carboxylic acids is 2. The molecule has 0 saturated carbocycles. The van der Waals surface area contributed by atoms with E-state index in [1.54, 1.807) is 23.1 Å². The number of hydrogen-bond donors (Lipinski definition) is 0. The van der Waals surface area contributed by atoms with E-state index in [1.165, 1.54) is 11.3 Å². The number of halogens is 2. The summed E-state index contributed by atoms with van der Waals surface area (Å²) in [6.45, 7) is 4.29. The minimum atomic E-state index is -0.242. The lowest BCUT2D eigenvalue weighted by Crippen LogP contribution is -2.52. The lowest BCUT2D eigenvalue weighted by molar-refractivity contribution is -0.132. The summed E-state index contributed by atoms with van der Waals surface area (Å²) in [6.07, 6.45) is 0. The SMILES string of the molecule is C[C@@H](c1ccccc1)N(CC(=O)N1CCN(c2ccc(-c3ccc(Cl)cc3Cl)nn2)CC1)C(=O)c1cccs1. The third kappa shape index (κ3) is 6.24. The number of thiophene rings is 1. The number of rotatable bonds is 7. The van der Waals surface area contributed by atoms with Crippen LogP contribution in [0.25, 0.3) is 11.3 Å². The normalized spacial score (nSPS) is 14.2. The molecule has 0 bridgehead atoms. The predicted octanol–water partition coefficient (Wildman–Crippen LogP) is 6.06. The Kier molecular flexibility index (Phi) is 8.45. The zero-order valence-corrected chi connectivity index (χ0v) is 23.7. The fraction of sp³-hybridized carbons (Fsp3) is 0.241. The Morgan fingerprint density at radius 3 is 2.36 bits per heavy atom. The molecule has 5 rings (SSSR count).